The fraction of sp³-hybridized carbons (Fsp3) is 0.304. The second kappa shape index (κ2) is 11.2. The first-order chi connectivity index (χ1) is 19.1. The first-order valence-electron chi connectivity index (χ1n) is 11.7. The van der Waals surface area contributed by atoms with Crippen molar-refractivity contribution in [1.82, 2.24) is 20.2 Å². The van der Waals surface area contributed by atoms with Gasteiger partial charge in [-0.15, -0.1) is 34.4 Å². The van der Waals surface area contributed by atoms with Crippen LogP contribution in [0.3, 0.4) is 0 Å². The largest absolute Gasteiger partial charge is 0.481 e. The van der Waals surface area contributed by atoms with E-state index in [1.54, 1.807) is 5.51 Å². The molecule has 2 amide bonds. The first kappa shape index (κ1) is 27.5. The number of nitrogens with two attached hydrogens (primary N) is 1. The molecule has 208 valence electrons. The van der Waals surface area contributed by atoms with Gasteiger partial charge in [-0.3, -0.25) is 19.3 Å². The first-order valence-corrected chi connectivity index (χ1v) is 14.5. The van der Waals surface area contributed by atoms with Crippen LogP contribution in [0.15, 0.2) is 45.8 Å². The van der Waals surface area contributed by atoms with E-state index in [9.17, 15) is 24.3 Å². The van der Waals surface area contributed by atoms with E-state index in [0.29, 0.717) is 11.3 Å². The Morgan fingerprint density at radius 1 is 1.35 bits per heavy atom. The average molecular weight is 605 g/mol. The Morgan fingerprint density at radius 2 is 2.15 bits per heavy atom. The minimum atomic E-state index is -1.24. The molecule has 2 aliphatic rings. The standard InChI is InChI=1S/C23H21N7O7S3/c1-10(4-15(31)32)37-28-16(13-8-39-23(24)26-13)19(33)27-17-20(34)30-18(22(35)36)11(7-38-21(17)30)5-29-3-2-14-12(6-29)25-9-40-14/h2-3,6,8-10,17,21H,4-5,7H2,1H3,(H4-,24,26,27,31,32,33,35,36)/p+1/t10?,17?,21-/m0/s1. The van der Waals surface area contributed by atoms with Crippen LogP contribution in [0.5, 0.6) is 0 Å². The highest BCUT2D eigenvalue weighted by Crippen LogP contribution is 2.40. The van der Waals surface area contributed by atoms with Gasteiger partial charge in [-0.1, -0.05) is 5.16 Å². The Kier molecular flexibility index (Phi) is 7.68. The second-order valence-electron chi connectivity index (χ2n) is 8.86. The number of amides is 2. The molecule has 0 aliphatic carbocycles. The van der Waals surface area contributed by atoms with Gasteiger partial charge in [-0.05, 0) is 6.92 Å². The second-order valence-corrected chi connectivity index (χ2v) is 11.7. The number of oxime groups is 1. The van der Waals surface area contributed by atoms with Gasteiger partial charge in [-0.25, -0.2) is 14.8 Å². The summed E-state index contributed by atoms with van der Waals surface area (Å²) in [4.78, 5) is 64.2. The fourth-order valence-corrected chi connectivity index (χ4v) is 6.74. The topological polar surface area (TPSA) is 201 Å². The van der Waals surface area contributed by atoms with Crippen LogP contribution in [0, 0.1) is 0 Å². The van der Waals surface area contributed by atoms with Gasteiger partial charge in [0.15, 0.2) is 29.8 Å². The van der Waals surface area contributed by atoms with E-state index in [2.05, 4.69) is 20.4 Å². The summed E-state index contributed by atoms with van der Waals surface area (Å²) in [5.74, 6) is -3.41. The number of hydrogen-bond acceptors (Lipinski definition) is 12. The van der Waals surface area contributed by atoms with Gasteiger partial charge in [0.1, 0.15) is 34.4 Å². The monoisotopic (exact) mass is 604 g/mol. The van der Waals surface area contributed by atoms with Gasteiger partial charge in [0.05, 0.1) is 16.6 Å². The number of nitrogen functional groups attached to an aromatic ring is 1. The van der Waals surface area contributed by atoms with Crippen molar-refractivity contribution < 1.29 is 38.8 Å². The summed E-state index contributed by atoms with van der Waals surface area (Å²) in [7, 11) is 0. The lowest BCUT2D eigenvalue weighted by Crippen LogP contribution is -2.71. The van der Waals surface area contributed by atoms with Crippen LogP contribution >= 0.6 is 34.4 Å². The SMILES string of the molecule is CC(CC(=O)O)ON=C(C(=O)NC1C(=O)N2C(C(=O)O)=C(C[n+]3ccc4scnc4c3)CS[C@@H]12)c1csc(N)n1. The van der Waals surface area contributed by atoms with Crippen LogP contribution in [0.2, 0.25) is 0 Å². The Balaban J connectivity index is 1.34. The van der Waals surface area contributed by atoms with E-state index in [-0.39, 0.29) is 35.2 Å². The lowest BCUT2D eigenvalue weighted by Gasteiger charge is -2.49. The third-order valence-electron chi connectivity index (χ3n) is 6.00. The molecule has 0 saturated carbocycles. The number of carboxylic acid groups (broad SMARTS) is 2. The van der Waals surface area contributed by atoms with Crippen LogP contribution in [0.25, 0.3) is 10.2 Å². The van der Waals surface area contributed by atoms with E-state index in [1.807, 2.05) is 23.0 Å². The number of β-lactam (4-membered cyclic amide) rings is 1. The van der Waals surface area contributed by atoms with Gasteiger partial charge in [0.2, 0.25) is 0 Å². The van der Waals surface area contributed by atoms with Crippen LogP contribution in [-0.4, -0.2) is 77.8 Å². The summed E-state index contributed by atoms with van der Waals surface area (Å²) >= 11 is 3.89. The van der Waals surface area contributed by atoms with Gasteiger partial charge in [-0.2, -0.15) is 4.57 Å². The number of aliphatic carboxylic acids is 2. The molecule has 0 spiro atoms. The van der Waals surface area contributed by atoms with E-state index in [4.69, 9.17) is 15.7 Å². The highest BCUT2D eigenvalue weighted by Gasteiger charge is 2.54. The summed E-state index contributed by atoms with van der Waals surface area (Å²) in [6, 6.07) is 0.874. The van der Waals surface area contributed by atoms with Crippen molar-refractivity contribution in [3.63, 3.8) is 0 Å². The molecule has 1 fully saturated rings. The summed E-state index contributed by atoms with van der Waals surface area (Å²) in [6.45, 7) is 1.72. The summed E-state index contributed by atoms with van der Waals surface area (Å²) in [5.41, 5.74) is 8.44. The van der Waals surface area contributed by atoms with Crippen molar-refractivity contribution in [2.45, 2.75) is 37.4 Å². The molecule has 3 aromatic rings. The molecular weight excluding hydrogens is 582 g/mol. The number of nitrogens with zero attached hydrogens (tertiary/aromatic N) is 5. The summed E-state index contributed by atoms with van der Waals surface area (Å²) in [5, 5.41) is 26.3. The number of carbonyl (C=O) groups is 4. The summed E-state index contributed by atoms with van der Waals surface area (Å²) in [6.07, 6.45) is 2.45. The Morgan fingerprint density at radius 3 is 2.85 bits per heavy atom. The van der Waals surface area contributed by atoms with Gasteiger partial charge < -0.3 is 26.1 Å². The number of pyridine rings is 1. The molecule has 2 unspecified atom stereocenters. The Labute approximate surface area is 238 Å². The molecule has 3 atom stereocenters. The van der Waals surface area contributed by atoms with Crippen molar-refractivity contribution in [3.8, 4) is 0 Å². The average Bonchev–Trinajstić information content (AvgIpc) is 3.55. The van der Waals surface area contributed by atoms with Crippen molar-refractivity contribution in [1.29, 1.82) is 0 Å². The molecule has 17 heteroatoms. The number of hydrogen-bond donors (Lipinski definition) is 4. The molecule has 0 aromatic carbocycles. The number of rotatable bonds is 10. The number of carbonyl (C=O) groups excluding carboxylic acids is 2. The Bertz CT molecular complexity index is 1580. The number of thioether (sulfide) groups is 1. The molecule has 0 radical (unpaired) electrons. The van der Waals surface area contributed by atoms with E-state index in [0.717, 1.165) is 21.6 Å². The molecule has 5 rings (SSSR count). The molecule has 0 bridgehead atoms. The number of fused-ring (bicyclic) bond motifs is 2. The zero-order valence-corrected chi connectivity index (χ0v) is 23.2. The van der Waals surface area contributed by atoms with Crippen LogP contribution in [-0.2, 0) is 30.6 Å². The van der Waals surface area contributed by atoms with E-state index in [1.165, 1.54) is 40.3 Å². The van der Waals surface area contributed by atoms with Crippen molar-refractivity contribution in [2.24, 2.45) is 5.16 Å². The highest BCUT2D eigenvalue weighted by atomic mass is 32.2. The lowest BCUT2D eigenvalue weighted by atomic mass is 10.0. The normalized spacial score (nSPS) is 19.7. The third-order valence-corrected chi connectivity index (χ3v) is 8.83. The number of nitrogens with one attached hydrogen (secondary N) is 1. The smallest absolute Gasteiger partial charge is 0.352 e. The number of anilines is 1. The van der Waals surface area contributed by atoms with E-state index >= 15 is 0 Å². The summed E-state index contributed by atoms with van der Waals surface area (Å²) < 4.78 is 2.82. The molecule has 40 heavy (non-hydrogen) atoms. The van der Waals surface area contributed by atoms with Crippen molar-refractivity contribution >= 4 is 79.2 Å². The van der Waals surface area contributed by atoms with Crippen molar-refractivity contribution in [2.75, 3.05) is 11.5 Å². The minimum Gasteiger partial charge on any atom is -0.481 e. The molecule has 1 saturated heterocycles. The van der Waals surface area contributed by atoms with Gasteiger partial charge in [0.25, 0.3) is 11.8 Å². The Hall–Kier alpha value is -4.09. The number of aromatic nitrogens is 3. The third kappa shape index (κ3) is 5.47. The number of thiazole rings is 2. The van der Waals surface area contributed by atoms with Gasteiger partial charge in [0, 0.05) is 22.8 Å². The maximum atomic E-state index is 13.2. The predicted molar refractivity (Wildman–Crippen MR) is 145 cm³/mol. The lowest BCUT2D eigenvalue weighted by molar-refractivity contribution is -0.687. The molecule has 5 N–H and O–H groups in total. The van der Waals surface area contributed by atoms with Crippen molar-refractivity contribution in [3.05, 3.63) is 46.3 Å². The van der Waals surface area contributed by atoms with Gasteiger partial charge >= 0.3 is 11.9 Å². The maximum absolute atomic E-state index is 13.2. The van der Waals surface area contributed by atoms with Crippen LogP contribution in [0.1, 0.15) is 19.0 Å². The van der Waals surface area contributed by atoms with Crippen LogP contribution in [0.4, 0.5) is 5.13 Å². The van der Waals surface area contributed by atoms with E-state index < -0.39 is 41.3 Å². The maximum Gasteiger partial charge on any atom is 0.352 e. The minimum absolute atomic E-state index is 0.0879. The van der Waals surface area contributed by atoms with Crippen LogP contribution < -0.4 is 15.6 Å². The molecule has 3 aromatic heterocycles. The highest BCUT2D eigenvalue weighted by molar-refractivity contribution is 8.00. The molecule has 5 heterocycles. The molecular formula is C23H22N7O7S3+. The zero-order chi connectivity index (χ0) is 28.6. The fourth-order valence-electron chi connectivity index (χ4n) is 4.21. The number of carboxylic acids is 2. The zero-order valence-electron chi connectivity index (χ0n) is 20.7. The quantitative estimate of drug-likeness (QED) is 0.110. The molecule has 2 aliphatic heterocycles. The predicted octanol–water partition coefficient (Wildman–Crippen LogP) is 0.645. The molecule has 14 nitrogen and oxygen atoms in total.